The molecule has 8 nitrogen and oxygen atoms in total. The van der Waals surface area contributed by atoms with Gasteiger partial charge in [0, 0.05) is 72.1 Å². The number of guanidine groups is 1. The van der Waals surface area contributed by atoms with Crippen LogP contribution in [0, 0.1) is 5.92 Å². The number of aromatic nitrogens is 1. The molecular formula is C21H36N6O2. The molecule has 162 valence electrons. The maximum atomic E-state index is 12.5. The highest BCUT2D eigenvalue weighted by molar-refractivity contribution is 5.81. The Kier molecular flexibility index (Phi) is 10.3. The molecule has 1 fully saturated rings. The van der Waals surface area contributed by atoms with Gasteiger partial charge in [0.25, 0.3) is 0 Å². The van der Waals surface area contributed by atoms with Gasteiger partial charge in [-0.2, -0.15) is 0 Å². The first-order chi connectivity index (χ1) is 14.1. The molecule has 0 aromatic carbocycles. The topological polar surface area (TPSA) is 82.1 Å². The van der Waals surface area contributed by atoms with Crippen LogP contribution in [0.25, 0.3) is 0 Å². The summed E-state index contributed by atoms with van der Waals surface area (Å²) in [5.74, 6) is 2.44. The van der Waals surface area contributed by atoms with Crippen molar-refractivity contribution in [3.05, 3.63) is 24.4 Å². The van der Waals surface area contributed by atoms with Crippen molar-refractivity contribution in [1.82, 2.24) is 20.5 Å². The monoisotopic (exact) mass is 404 g/mol. The van der Waals surface area contributed by atoms with Crippen molar-refractivity contribution in [1.29, 1.82) is 0 Å². The highest BCUT2D eigenvalue weighted by Gasteiger charge is 2.21. The summed E-state index contributed by atoms with van der Waals surface area (Å²) < 4.78 is 5.57. The van der Waals surface area contributed by atoms with E-state index in [4.69, 9.17) is 4.74 Å². The number of nitrogens with one attached hydrogen (secondary N) is 2. The summed E-state index contributed by atoms with van der Waals surface area (Å²) in [7, 11) is 1.74. The maximum absolute atomic E-state index is 12.5. The molecule has 2 rings (SSSR count). The fraction of sp³-hybridized carbons (Fsp3) is 0.667. The Labute approximate surface area is 174 Å². The zero-order valence-electron chi connectivity index (χ0n) is 18.1. The number of rotatable bonds is 10. The average Bonchev–Trinajstić information content (AvgIpc) is 2.75. The van der Waals surface area contributed by atoms with Crippen LogP contribution in [0.1, 0.15) is 26.7 Å². The molecule has 0 saturated carbocycles. The van der Waals surface area contributed by atoms with E-state index in [0.717, 1.165) is 64.1 Å². The highest BCUT2D eigenvalue weighted by atomic mass is 16.5. The number of hydrogen-bond donors (Lipinski definition) is 2. The Morgan fingerprint density at radius 1 is 1.21 bits per heavy atom. The van der Waals surface area contributed by atoms with Gasteiger partial charge in [0.2, 0.25) is 5.91 Å². The SMILES string of the molecule is CN=C(NCCCOCC(C)C)NCCC(=O)N1CCN(c2ccccn2)CC1. The molecule has 2 N–H and O–H groups in total. The number of piperazine rings is 1. The number of pyridine rings is 1. The molecule has 2 heterocycles. The van der Waals surface area contributed by atoms with Crippen LogP contribution in [0.5, 0.6) is 0 Å². The Balaban J connectivity index is 1.57. The Morgan fingerprint density at radius 3 is 2.62 bits per heavy atom. The minimum Gasteiger partial charge on any atom is -0.381 e. The van der Waals surface area contributed by atoms with Gasteiger partial charge < -0.3 is 25.2 Å². The standard InChI is InChI=1S/C21H36N6O2/c1-18(2)17-29-16-6-10-24-21(22-3)25-11-8-20(28)27-14-12-26(13-15-27)19-7-4-5-9-23-19/h4-5,7,9,18H,6,8,10-17H2,1-3H3,(H2,22,24,25). The van der Waals surface area contributed by atoms with E-state index in [-0.39, 0.29) is 5.91 Å². The third-order valence-electron chi connectivity index (χ3n) is 4.67. The number of anilines is 1. The van der Waals surface area contributed by atoms with E-state index >= 15 is 0 Å². The fourth-order valence-corrected chi connectivity index (χ4v) is 3.09. The lowest BCUT2D eigenvalue weighted by molar-refractivity contribution is -0.131. The molecule has 0 bridgehead atoms. The van der Waals surface area contributed by atoms with E-state index in [1.54, 1.807) is 13.2 Å². The average molecular weight is 405 g/mol. The third-order valence-corrected chi connectivity index (χ3v) is 4.67. The number of nitrogens with zero attached hydrogens (tertiary/aromatic N) is 4. The molecule has 29 heavy (non-hydrogen) atoms. The summed E-state index contributed by atoms with van der Waals surface area (Å²) in [5, 5.41) is 6.47. The van der Waals surface area contributed by atoms with Gasteiger partial charge in [-0.3, -0.25) is 9.79 Å². The van der Waals surface area contributed by atoms with Crippen molar-refractivity contribution in [2.45, 2.75) is 26.7 Å². The van der Waals surface area contributed by atoms with Crippen molar-refractivity contribution in [2.75, 3.05) is 64.4 Å². The number of amides is 1. The summed E-state index contributed by atoms with van der Waals surface area (Å²) in [4.78, 5) is 25.2. The highest BCUT2D eigenvalue weighted by Crippen LogP contribution is 2.12. The Bertz CT molecular complexity index is 615. The molecule has 0 radical (unpaired) electrons. The quantitative estimate of drug-likeness (QED) is 0.348. The number of carbonyl (C=O) groups is 1. The minimum atomic E-state index is 0.177. The maximum Gasteiger partial charge on any atom is 0.224 e. The number of hydrogen-bond acceptors (Lipinski definition) is 5. The van der Waals surface area contributed by atoms with Crippen LogP contribution in [0.3, 0.4) is 0 Å². The molecule has 0 spiro atoms. The smallest absolute Gasteiger partial charge is 0.224 e. The van der Waals surface area contributed by atoms with Gasteiger partial charge in [-0.05, 0) is 24.5 Å². The van der Waals surface area contributed by atoms with Gasteiger partial charge in [0.05, 0.1) is 0 Å². The van der Waals surface area contributed by atoms with Gasteiger partial charge in [-0.15, -0.1) is 0 Å². The molecule has 0 unspecified atom stereocenters. The largest absolute Gasteiger partial charge is 0.381 e. The van der Waals surface area contributed by atoms with Crippen LogP contribution >= 0.6 is 0 Å². The molecule has 0 atom stereocenters. The molecule has 1 amide bonds. The molecule has 1 aliphatic heterocycles. The van der Waals surface area contributed by atoms with Crippen molar-refractivity contribution in [3.63, 3.8) is 0 Å². The van der Waals surface area contributed by atoms with Crippen molar-refractivity contribution in [3.8, 4) is 0 Å². The van der Waals surface area contributed by atoms with Crippen LogP contribution in [0.15, 0.2) is 29.4 Å². The Morgan fingerprint density at radius 2 is 1.97 bits per heavy atom. The van der Waals surface area contributed by atoms with Gasteiger partial charge in [0.15, 0.2) is 5.96 Å². The second-order valence-corrected chi connectivity index (χ2v) is 7.55. The predicted octanol–water partition coefficient (Wildman–Crippen LogP) is 1.35. The Hall–Kier alpha value is -2.35. The van der Waals surface area contributed by atoms with E-state index in [9.17, 15) is 4.79 Å². The van der Waals surface area contributed by atoms with Gasteiger partial charge in [0.1, 0.15) is 5.82 Å². The lowest BCUT2D eigenvalue weighted by Crippen LogP contribution is -2.49. The van der Waals surface area contributed by atoms with Crippen LogP contribution in [0.2, 0.25) is 0 Å². The summed E-state index contributed by atoms with van der Waals surface area (Å²) in [6.45, 7) is 10.3. The predicted molar refractivity (Wildman–Crippen MR) is 117 cm³/mol. The lowest BCUT2D eigenvalue weighted by atomic mass is 10.2. The summed E-state index contributed by atoms with van der Waals surface area (Å²) >= 11 is 0. The first kappa shape index (κ1) is 22.9. The number of ether oxygens (including phenoxy) is 1. The van der Waals surface area contributed by atoms with E-state index in [2.05, 4.69) is 39.4 Å². The lowest BCUT2D eigenvalue weighted by Gasteiger charge is -2.35. The third kappa shape index (κ3) is 8.68. The molecule has 1 aromatic heterocycles. The molecular weight excluding hydrogens is 368 g/mol. The van der Waals surface area contributed by atoms with E-state index in [1.807, 2.05) is 23.1 Å². The van der Waals surface area contributed by atoms with Crippen LogP contribution in [0.4, 0.5) is 5.82 Å². The van der Waals surface area contributed by atoms with Crippen molar-refractivity contribution < 1.29 is 9.53 Å². The van der Waals surface area contributed by atoms with Crippen LogP contribution in [-0.2, 0) is 9.53 Å². The van der Waals surface area contributed by atoms with Crippen LogP contribution in [-0.4, -0.2) is 81.3 Å². The van der Waals surface area contributed by atoms with Crippen molar-refractivity contribution >= 4 is 17.7 Å². The van der Waals surface area contributed by atoms with E-state index in [0.29, 0.717) is 18.9 Å². The summed E-state index contributed by atoms with van der Waals surface area (Å²) in [6, 6.07) is 5.92. The first-order valence-electron chi connectivity index (χ1n) is 10.6. The summed E-state index contributed by atoms with van der Waals surface area (Å²) in [6.07, 6.45) is 3.19. The second kappa shape index (κ2) is 13.0. The normalized spacial score (nSPS) is 15.0. The molecule has 0 aliphatic carbocycles. The van der Waals surface area contributed by atoms with E-state index in [1.165, 1.54) is 0 Å². The molecule has 1 aliphatic rings. The summed E-state index contributed by atoms with van der Waals surface area (Å²) in [5.41, 5.74) is 0. The van der Waals surface area contributed by atoms with Gasteiger partial charge in [-0.1, -0.05) is 19.9 Å². The van der Waals surface area contributed by atoms with Crippen LogP contribution < -0.4 is 15.5 Å². The first-order valence-corrected chi connectivity index (χ1v) is 10.6. The fourth-order valence-electron chi connectivity index (χ4n) is 3.09. The van der Waals surface area contributed by atoms with Crippen molar-refractivity contribution in [2.24, 2.45) is 10.9 Å². The van der Waals surface area contributed by atoms with Gasteiger partial charge >= 0.3 is 0 Å². The molecule has 1 aromatic rings. The minimum absolute atomic E-state index is 0.177. The molecule has 1 saturated heterocycles. The second-order valence-electron chi connectivity index (χ2n) is 7.55. The zero-order chi connectivity index (χ0) is 20.9. The molecule has 8 heteroatoms. The van der Waals surface area contributed by atoms with Gasteiger partial charge in [-0.25, -0.2) is 4.98 Å². The zero-order valence-corrected chi connectivity index (χ0v) is 18.1. The number of aliphatic imine (C=N–C) groups is 1. The van der Waals surface area contributed by atoms with E-state index < -0.39 is 0 Å². The number of carbonyl (C=O) groups excluding carboxylic acids is 1.